The summed E-state index contributed by atoms with van der Waals surface area (Å²) in [5, 5.41) is 9.36. The second kappa shape index (κ2) is 6.53. The topological polar surface area (TPSA) is 20.2 Å². The van der Waals surface area contributed by atoms with Crippen LogP contribution in [0.1, 0.15) is 35.6 Å². The zero-order valence-electron chi connectivity index (χ0n) is 12.5. The van der Waals surface area contributed by atoms with E-state index in [1.165, 1.54) is 33.4 Å². The number of allylic oxidation sites excluding steroid dienone is 1. The van der Waals surface area contributed by atoms with Crippen molar-refractivity contribution in [2.75, 3.05) is 6.61 Å². The van der Waals surface area contributed by atoms with Crippen LogP contribution in [-0.2, 0) is 0 Å². The molecule has 0 aliphatic heterocycles. The van der Waals surface area contributed by atoms with Gasteiger partial charge in [0.2, 0.25) is 0 Å². The van der Waals surface area contributed by atoms with E-state index in [4.69, 9.17) is 0 Å². The third-order valence-corrected chi connectivity index (χ3v) is 3.70. The Bertz CT molecular complexity index is 589. The van der Waals surface area contributed by atoms with Gasteiger partial charge in [-0.3, -0.25) is 0 Å². The summed E-state index contributed by atoms with van der Waals surface area (Å²) in [6.45, 7) is 6.49. The highest BCUT2D eigenvalue weighted by Gasteiger charge is 2.07. The summed E-state index contributed by atoms with van der Waals surface area (Å²) in [6, 6.07) is 17.1. The number of aliphatic hydroxyl groups excluding tert-OH is 1. The fourth-order valence-electron chi connectivity index (χ4n) is 2.39. The molecule has 0 fully saturated rings. The Hall–Kier alpha value is -1.86. The van der Waals surface area contributed by atoms with E-state index < -0.39 is 0 Å². The van der Waals surface area contributed by atoms with E-state index in [2.05, 4.69) is 69.3 Å². The van der Waals surface area contributed by atoms with Crippen molar-refractivity contribution < 1.29 is 5.11 Å². The monoisotopic (exact) mass is 266 g/mol. The summed E-state index contributed by atoms with van der Waals surface area (Å²) in [5.41, 5.74) is 7.40. The lowest BCUT2D eigenvalue weighted by molar-refractivity contribution is 0.305. The highest BCUT2D eigenvalue weighted by atomic mass is 16.2. The highest BCUT2D eigenvalue weighted by molar-refractivity contribution is 5.89. The molecule has 0 spiro atoms. The van der Waals surface area contributed by atoms with E-state index in [0.717, 1.165) is 0 Å². The van der Waals surface area contributed by atoms with Crippen LogP contribution in [0.15, 0.2) is 48.5 Å². The van der Waals surface area contributed by atoms with Crippen LogP contribution < -0.4 is 0 Å². The third-order valence-electron chi connectivity index (χ3n) is 3.70. The van der Waals surface area contributed by atoms with Crippen molar-refractivity contribution >= 4 is 11.1 Å². The van der Waals surface area contributed by atoms with E-state index in [0.29, 0.717) is 6.42 Å². The van der Waals surface area contributed by atoms with E-state index in [-0.39, 0.29) is 6.61 Å². The summed E-state index contributed by atoms with van der Waals surface area (Å²) in [5.74, 6) is 0. The van der Waals surface area contributed by atoms with Crippen molar-refractivity contribution in [3.63, 3.8) is 0 Å². The van der Waals surface area contributed by atoms with Gasteiger partial charge in [-0.15, -0.1) is 0 Å². The average molecular weight is 266 g/mol. The average Bonchev–Trinajstić information content (AvgIpc) is 2.46. The summed E-state index contributed by atoms with van der Waals surface area (Å²) in [4.78, 5) is 0. The number of aryl methyl sites for hydroxylation is 2. The largest absolute Gasteiger partial charge is 0.396 e. The molecule has 0 aliphatic carbocycles. The zero-order chi connectivity index (χ0) is 14.5. The van der Waals surface area contributed by atoms with Crippen LogP contribution in [0.2, 0.25) is 0 Å². The summed E-state index contributed by atoms with van der Waals surface area (Å²) in [7, 11) is 0. The van der Waals surface area contributed by atoms with E-state index in [1.54, 1.807) is 0 Å². The molecule has 0 aromatic heterocycles. The van der Waals surface area contributed by atoms with Gasteiger partial charge >= 0.3 is 0 Å². The Balaban J connectivity index is 2.47. The van der Waals surface area contributed by atoms with Gasteiger partial charge < -0.3 is 5.11 Å². The van der Waals surface area contributed by atoms with Crippen molar-refractivity contribution in [1.29, 1.82) is 0 Å². The normalized spacial score (nSPS) is 12.2. The minimum Gasteiger partial charge on any atom is -0.396 e. The standard InChI is InChI=1S/C19H22O/c1-14-4-8-17(9-5-14)16(3)19(12-13-20)18-10-6-15(2)7-11-18/h4-11,20H,12-13H2,1-3H3/b19-16-. The molecule has 1 nitrogen and oxygen atoms in total. The second-order valence-electron chi connectivity index (χ2n) is 5.31. The first-order chi connectivity index (χ1) is 9.61. The lowest BCUT2D eigenvalue weighted by atomic mass is 9.93. The maximum atomic E-state index is 9.36. The van der Waals surface area contributed by atoms with Crippen LogP contribution in [0.25, 0.3) is 11.1 Å². The Morgan fingerprint density at radius 3 is 1.70 bits per heavy atom. The first-order valence-corrected chi connectivity index (χ1v) is 7.06. The predicted molar refractivity (Wildman–Crippen MR) is 86.5 cm³/mol. The minimum absolute atomic E-state index is 0.173. The van der Waals surface area contributed by atoms with Crippen molar-refractivity contribution in [1.82, 2.24) is 0 Å². The van der Waals surface area contributed by atoms with Gasteiger partial charge in [0.1, 0.15) is 0 Å². The van der Waals surface area contributed by atoms with Gasteiger partial charge in [0.15, 0.2) is 0 Å². The molecule has 0 atom stereocenters. The van der Waals surface area contributed by atoms with Gasteiger partial charge in [0.05, 0.1) is 0 Å². The molecule has 1 N–H and O–H groups in total. The SMILES string of the molecule is C/C(=C(\CCO)c1ccc(C)cc1)c1ccc(C)cc1. The number of aliphatic hydroxyl groups is 1. The molecule has 2 aromatic carbocycles. The third kappa shape index (κ3) is 3.37. The van der Waals surface area contributed by atoms with Crippen molar-refractivity contribution in [3.05, 3.63) is 70.8 Å². The molecule has 20 heavy (non-hydrogen) atoms. The van der Waals surface area contributed by atoms with Crippen LogP contribution >= 0.6 is 0 Å². The first kappa shape index (κ1) is 14.5. The molecule has 0 saturated heterocycles. The lowest BCUT2D eigenvalue weighted by Gasteiger charge is -2.13. The smallest absolute Gasteiger partial charge is 0.0471 e. The van der Waals surface area contributed by atoms with Gasteiger partial charge in [-0.05, 0) is 49.5 Å². The summed E-state index contributed by atoms with van der Waals surface area (Å²) >= 11 is 0. The van der Waals surface area contributed by atoms with Gasteiger partial charge in [-0.2, -0.15) is 0 Å². The van der Waals surface area contributed by atoms with Crippen LogP contribution in [-0.4, -0.2) is 11.7 Å². The Labute approximate surface area is 121 Å². The minimum atomic E-state index is 0.173. The highest BCUT2D eigenvalue weighted by Crippen LogP contribution is 2.29. The molecule has 0 amide bonds. The Morgan fingerprint density at radius 2 is 1.25 bits per heavy atom. The number of hydrogen-bond acceptors (Lipinski definition) is 1. The van der Waals surface area contributed by atoms with Gasteiger partial charge in [0.25, 0.3) is 0 Å². The molecule has 0 radical (unpaired) electrons. The van der Waals surface area contributed by atoms with Crippen LogP contribution in [0.3, 0.4) is 0 Å². The van der Waals surface area contributed by atoms with Gasteiger partial charge in [-0.1, -0.05) is 59.7 Å². The maximum Gasteiger partial charge on any atom is 0.0471 e. The molecule has 0 bridgehead atoms. The molecule has 2 rings (SSSR count). The zero-order valence-corrected chi connectivity index (χ0v) is 12.5. The first-order valence-electron chi connectivity index (χ1n) is 7.06. The number of rotatable bonds is 4. The molecule has 1 heteroatoms. The molecule has 2 aromatic rings. The number of benzene rings is 2. The maximum absolute atomic E-state index is 9.36. The van der Waals surface area contributed by atoms with E-state index in [9.17, 15) is 5.11 Å². The summed E-state index contributed by atoms with van der Waals surface area (Å²) < 4.78 is 0. The predicted octanol–water partition coefficient (Wildman–Crippen LogP) is 4.62. The molecular formula is C19H22O. The van der Waals surface area contributed by atoms with Crippen LogP contribution in [0.4, 0.5) is 0 Å². The summed E-state index contributed by atoms with van der Waals surface area (Å²) in [6.07, 6.45) is 0.683. The van der Waals surface area contributed by atoms with Gasteiger partial charge in [-0.25, -0.2) is 0 Å². The van der Waals surface area contributed by atoms with E-state index >= 15 is 0 Å². The van der Waals surface area contributed by atoms with Gasteiger partial charge in [0, 0.05) is 6.61 Å². The molecular weight excluding hydrogens is 244 g/mol. The molecule has 0 saturated carbocycles. The molecule has 0 heterocycles. The Kier molecular flexibility index (Phi) is 4.75. The molecule has 0 unspecified atom stereocenters. The fourth-order valence-corrected chi connectivity index (χ4v) is 2.39. The number of hydrogen-bond donors (Lipinski definition) is 1. The Morgan fingerprint density at radius 1 is 0.800 bits per heavy atom. The van der Waals surface area contributed by atoms with Crippen molar-refractivity contribution in [2.24, 2.45) is 0 Å². The fraction of sp³-hybridized carbons (Fsp3) is 0.263. The second-order valence-corrected chi connectivity index (χ2v) is 5.31. The van der Waals surface area contributed by atoms with Crippen molar-refractivity contribution in [2.45, 2.75) is 27.2 Å². The van der Waals surface area contributed by atoms with Crippen molar-refractivity contribution in [3.8, 4) is 0 Å². The van der Waals surface area contributed by atoms with Crippen LogP contribution in [0, 0.1) is 13.8 Å². The quantitative estimate of drug-likeness (QED) is 0.801. The molecule has 0 aliphatic rings. The lowest BCUT2D eigenvalue weighted by Crippen LogP contribution is -1.94. The van der Waals surface area contributed by atoms with Crippen LogP contribution in [0.5, 0.6) is 0 Å². The molecule has 104 valence electrons. The van der Waals surface area contributed by atoms with E-state index in [1.807, 2.05) is 0 Å².